The summed E-state index contributed by atoms with van der Waals surface area (Å²) in [6.45, 7) is 0. The van der Waals surface area contributed by atoms with Crippen molar-refractivity contribution in [2.45, 2.75) is 0 Å². The largest absolute Gasteiger partial charge is 0.0636 e. The highest BCUT2D eigenvalue weighted by atomic mass is 14.2. The van der Waals surface area contributed by atoms with E-state index in [1.807, 2.05) is 0 Å². The second-order valence-electron chi connectivity index (χ2n) is 7.75. The van der Waals surface area contributed by atoms with Gasteiger partial charge >= 0.3 is 0 Å². The molecule has 0 aromatic heterocycles. The summed E-state index contributed by atoms with van der Waals surface area (Å²) >= 11 is 0. The van der Waals surface area contributed by atoms with Crippen LogP contribution < -0.4 is 0 Å². The van der Waals surface area contributed by atoms with Gasteiger partial charge in [-0.05, 0) is 71.4 Å². The maximum absolute atomic E-state index is 9.27. The summed E-state index contributed by atoms with van der Waals surface area (Å²) < 4.78 is 130. The van der Waals surface area contributed by atoms with Crippen LogP contribution in [0.25, 0.3) is 65.3 Å². The molecule has 0 aliphatic heterocycles. The molecule has 158 valence electrons. The third kappa shape index (κ3) is 2.86. The number of hydrogen-bond acceptors (Lipinski definition) is 0. The van der Waals surface area contributed by atoms with Crippen LogP contribution in [0, 0.1) is 0 Å². The van der Waals surface area contributed by atoms with E-state index in [4.69, 9.17) is 19.2 Å². The van der Waals surface area contributed by atoms with E-state index in [0.717, 1.165) is 0 Å². The molecule has 7 aromatic carbocycles. The van der Waals surface area contributed by atoms with E-state index >= 15 is 0 Å². The van der Waals surface area contributed by atoms with E-state index in [2.05, 4.69) is 0 Å². The van der Waals surface area contributed by atoms with E-state index < -0.39 is 84.6 Å². The molecule has 0 radical (unpaired) electrons. The zero-order valence-corrected chi connectivity index (χ0v) is 17.5. The second-order valence-corrected chi connectivity index (χ2v) is 7.75. The summed E-state index contributed by atoms with van der Waals surface area (Å²) in [6.07, 6.45) is 0. The second kappa shape index (κ2) is 7.57. The average molecular weight is 446 g/mol. The quantitative estimate of drug-likeness (QED) is 0.232. The standard InChI is InChI=1S/C34H22/c1-2-12-25-22-26(21-20-23(25)10-1)33-29-15-5-7-17-31(29)34(32-18-8-6-16-30(32)33)28-19-9-13-24-11-3-4-14-27(24)28/h1-22H/i1D,2D,3D,4D,9D,10D,11D,12D,13D,14D,17D,19D,20D,21D,22D. The Kier molecular flexibility index (Phi) is 2.10. The Bertz CT molecular complexity index is 2650. The summed E-state index contributed by atoms with van der Waals surface area (Å²) in [5.41, 5.74) is 0.158. The lowest BCUT2D eigenvalue weighted by Gasteiger charge is -2.19. The Labute approximate surface area is 219 Å². The summed E-state index contributed by atoms with van der Waals surface area (Å²) in [6, 6.07) is 3.52. The Morgan fingerprint density at radius 3 is 1.91 bits per heavy atom. The first-order chi connectivity index (χ1) is 23.1. The Morgan fingerprint density at radius 1 is 0.412 bits per heavy atom. The van der Waals surface area contributed by atoms with Crippen LogP contribution in [0.15, 0.2) is 133 Å². The van der Waals surface area contributed by atoms with Gasteiger partial charge in [0.05, 0.1) is 20.6 Å². The topological polar surface area (TPSA) is 0 Å². The predicted molar refractivity (Wildman–Crippen MR) is 147 cm³/mol. The van der Waals surface area contributed by atoms with Crippen LogP contribution in [-0.4, -0.2) is 0 Å². The van der Waals surface area contributed by atoms with Crippen LogP contribution in [0.5, 0.6) is 0 Å². The Hall–Kier alpha value is -4.42. The summed E-state index contributed by atoms with van der Waals surface area (Å²) in [4.78, 5) is 0. The molecule has 0 heteroatoms. The van der Waals surface area contributed by atoms with E-state index in [0.29, 0.717) is 10.8 Å². The van der Waals surface area contributed by atoms with Crippen LogP contribution in [-0.2, 0) is 0 Å². The monoisotopic (exact) mass is 445 g/mol. The molecule has 0 bridgehead atoms. The van der Waals surface area contributed by atoms with Crippen LogP contribution >= 0.6 is 0 Å². The highest BCUT2D eigenvalue weighted by Gasteiger charge is 2.17. The summed E-state index contributed by atoms with van der Waals surface area (Å²) in [7, 11) is 0. The van der Waals surface area contributed by atoms with Crippen molar-refractivity contribution >= 4 is 43.1 Å². The SMILES string of the molecule is [2H]c1c([2H])c([2H])c2c([2H])c(-c3c4ccccc4c(-c4c([2H])c([2H])c([2H])c5c([2H])c([2H])c([2H])c([2H])c45)c4c([2H])cccc34)c([2H])c([2H])c2c1[2H]. The van der Waals surface area contributed by atoms with Gasteiger partial charge in [0, 0.05) is 0 Å². The lowest BCUT2D eigenvalue weighted by Crippen LogP contribution is -1.91. The highest BCUT2D eigenvalue weighted by molar-refractivity contribution is 6.23. The normalized spacial score (nSPS) is 17.7. The van der Waals surface area contributed by atoms with Gasteiger partial charge in [-0.2, -0.15) is 0 Å². The van der Waals surface area contributed by atoms with Crippen molar-refractivity contribution in [1.82, 2.24) is 0 Å². The fourth-order valence-corrected chi connectivity index (χ4v) is 4.49. The Balaban J connectivity index is 1.79. The van der Waals surface area contributed by atoms with Crippen molar-refractivity contribution in [3.8, 4) is 22.3 Å². The van der Waals surface area contributed by atoms with Gasteiger partial charge < -0.3 is 0 Å². The summed E-state index contributed by atoms with van der Waals surface area (Å²) in [5, 5.41) is 0.150. The third-order valence-electron chi connectivity index (χ3n) is 5.90. The molecule has 0 amide bonds. The molecule has 0 heterocycles. The van der Waals surface area contributed by atoms with Gasteiger partial charge in [0.15, 0.2) is 0 Å². The minimum Gasteiger partial charge on any atom is -0.0616 e. The van der Waals surface area contributed by atoms with E-state index in [9.17, 15) is 1.37 Å². The summed E-state index contributed by atoms with van der Waals surface area (Å²) in [5.74, 6) is 0. The molecule has 0 unspecified atom stereocenters. The molecule has 0 saturated carbocycles. The van der Waals surface area contributed by atoms with E-state index in [1.165, 1.54) is 6.07 Å². The van der Waals surface area contributed by atoms with Gasteiger partial charge in [0.2, 0.25) is 0 Å². The molecule has 0 aliphatic carbocycles. The molecule has 0 fully saturated rings. The number of benzene rings is 7. The molecule has 0 nitrogen and oxygen atoms in total. The average Bonchev–Trinajstić information content (AvgIpc) is 3.08. The molecule has 7 rings (SSSR count). The predicted octanol–water partition coefficient (Wildman–Crippen LogP) is 9.63. The number of hydrogen-bond donors (Lipinski definition) is 0. The van der Waals surface area contributed by atoms with Gasteiger partial charge in [0.1, 0.15) is 0 Å². The van der Waals surface area contributed by atoms with Crippen LogP contribution in [0.4, 0.5) is 0 Å². The fourth-order valence-electron chi connectivity index (χ4n) is 4.49. The first kappa shape index (κ1) is 9.44. The van der Waals surface area contributed by atoms with Crippen LogP contribution in [0.1, 0.15) is 20.6 Å². The molecular formula is C34H22. The zero-order valence-electron chi connectivity index (χ0n) is 32.5. The van der Waals surface area contributed by atoms with E-state index in [1.54, 1.807) is 36.4 Å². The van der Waals surface area contributed by atoms with Gasteiger partial charge in [-0.25, -0.2) is 0 Å². The molecule has 0 N–H and O–H groups in total. The van der Waals surface area contributed by atoms with Crippen molar-refractivity contribution in [2.75, 3.05) is 0 Å². The molecule has 7 aromatic rings. The van der Waals surface area contributed by atoms with Gasteiger partial charge in [0.25, 0.3) is 0 Å². The first-order valence-electron chi connectivity index (χ1n) is 18.1. The minimum atomic E-state index is -0.605. The maximum Gasteiger partial charge on any atom is 0.0636 e. The van der Waals surface area contributed by atoms with Crippen molar-refractivity contribution < 1.29 is 20.6 Å². The lowest BCUT2D eigenvalue weighted by atomic mass is 9.84. The molecule has 0 saturated heterocycles. The van der Waals surface area contributed by atoms with Gasteiger partial charge in [-0.3, -0.25) is 0 Å². The van der Waals surface area contributed by atoms with Crippen molar-refractivity contribution in [1.29, 1.82) is 0 Å². The van der Waals surface area contributed by atoms with Crippen LogP contribution in [0.3, 0.4) is 0 Å². The maximum atomic E-state index is 9.27. The minimum absolute atomic E-state index is 0.0959. The van der Waals surface area contributed by atoms with Crippen LogP contribution in [0.2, 0.25) is 0 Å². The molecule has 0 atom stereocenters. The van der Waals surface area contributed by atoms with Gasteiger partial charge in [-0.15, -0.1) is 0 Å². The van der Waals surface area contributed by atoms with Crippen molar-refractivity contribution in [2.24, 2.45) is 0 Å². The van der Waals surface area contributed by atoms with Crippen molar-refractivity contribution in [3.05, 3.63) is 133 Å². The molecule has 0 aliphatic rings. The molecule has 34 heavy (non-hydrogen) atoms. The third-order valence-corrected chi connectivity index (χ3v) is 5.90. The first-order valence-corrected chi connectivity index (χ1v) is 10.6. The molecular weight excluding hydrogens is 408 g/mol. The lowest BCUT2D eigenvalue weighted by molar-refractivity contribution is 1.68. The van der Waals surface area contributed by atoms with Gasteiger partial charge in [-0.1, -0.05) is 127 Å². The number of rotatable bonds is 2. The zero-order chi connectivity index (χ0) is 35.5. The highest BCUT2D eigenvalue weighted by Crippen LogP contribution is 2.45. The smallest absolute Gasteiger partial charge is 0.0616 e. The fraction of sp³-hybridized carbons (Fsp3) is 0. The Morgan fingerprint density at radius 2 is 1.06 bits per heavy atom. The van der Waals surface area contributed by atoms with Crippen molar-refractivity contribution in [3.63, 3.8) is 0 Å². The number of fused-ring (bicyclic) bond motifs is 4. The molecule has 0 spiro atoms. The van der Waals surface area contributed by atoms with E-state index in [-0.39, 0.29) is 60.6 Å².